The smallest absolute Gasteiger partial charge is 0.222 e. The Morgan fingerprint density at radius 1 is 1.67 bits per heavy atom. The molecule has 1 saturated heterocycles. The molecule has 18 heavy (non-hydrogen) atoms. The van der Waals surface area contributed by atoms with E-state index in [2.05, 4.69) is 10.3 Å². The van der Waals surface area contributed by atoms with Gasteiger partial charge in [-0.3, -0.25) is 4.79 Å². The van der Waals surface area contributed by atoms with Gasteiger partial charge in [-0.2, -0.15) is 0 Å². The molecule has 1 unspecified atom stereocenters. The van der Waals surface area contributed by atoms with Crippen molar-refractivity contribution < 1.29 is 4.79 Å². The fourth-order valence-corrected chi connectivity index (χ4v) is 3.14. The van der Waals surface area contributed by atoms with Crippen LogP contribution in [-0.4, -0.2) is 35.4 Å². The highest BCUT2D eigenvalue weighted by atomic mass is 32.1. The summed E-state index contributed by atoms with van der Waals surface area (Å²) >= 11 is 1.66. The number of carbonyl (C=O) groups excluding carboxylic acids is 1. The van der Waals surface area contributed by atoms with Crippen LogP contribution >= 0.6 is 11.3 Å². The molecule has 4 nitrogen and oxygen atoms in total. The van der Waals surface area contributed by atoms with Crippen molar-refractivity contribution in [2.45, 2.75) is 45.2 Å². The van der Waals surface area contributed by atoms with Gasteiger partial charge in [-0.15, -0.1) is 11.3 Å². The average molecular weight is 267 g/mol. The van der Waals surface area contributed by atoms with Crippen LogP contribution in [-0.2, 0) is 11.3 Å². The third-order valence-corrected chi connectivity index (χ3v) is 4.25. The lowest BCUT2D eigenvalue weighted by Gasteiger charge is -2.17. The van der Waals surface area contributed by atoms with Gasteiger partial charge in [-0.1, -0.05) is 0 Å². The maximum absolute atomic E-state index is 12.0. The van der Waals surface area contributed by atoms with E-state index in [1.54, 1.807) is 11.3 Å². The number of aryl methyl sites for hydroxylation is 1. The Kier molecular flexibility index (Phi) is 4.72. The van der Waals surface area contributed by atoms with E-state index in [0.29, 0.717) is 19.0 Å². The predicted octanol–water partition coefficient (Wildman–Crippen LogP) is 1.94. The van der Waals surface area contributed by atoms with Crippen molar-refractivity contribution in [2.75, 3.05) is 13.6 Å². The maximum Gasteiger partial charge on any atom is 0.222 e. The van der Waals surface area contributed by atoms with Crippen molar-refractivity contribution in [3.63, 3.8) is 0 Å². The molecule has 5 heteroatoms. The number of hydrogen-bond donors (Lipinski definition) is 1. The van der Waals surface area contributed by atoms with E-state index in [1.165, 1.54) is 12.8 Å². The summed E-state index contributed by atoms with van der Waals surface area (Å²) in [7, 11) is 1.87. The molecule has 0 radical (unpaired) electrons. The molecule has 1 aliphatic rings. The Morgan fingerprint density at radius 3 is 3.11 bits per heavy atom. The first-order valence-corrected chi connectivity index (χ1v) is 7.35. The Hall–Kier alpha value is -0.940. The van der Waals surface area contributed by atoms with Crippen molar-refractivity contribution in [3.8, 4) is 0 Å². The van der Waals surface area contributed by atoms with Crippen LogP contribution < -0.4 is 5.32 Å². The highest BCUT2D eigenvalue weighted by Gasteiger charge is 2.17. The molecule has 2 rings (SSSR count). The van der Waals surface area contributed by atoms with Gasteiger partial charge in [0.2, 0.25) is 5.91 Å². The highest BCUT2D eigenvalue weighted by Crippen LogP contribution is 2.15. The number of nitrogens with zero attached hydrogens (tertiary/aromatic N) is 2. The first kappa shape index (κ1) is 13.5. The summed E-state index contributed by atoms with van der Waals surface area (Å²) in [5, 5.41) is 4.48. The molecule has 1 aliphatic heterocycles. The third kappa shape index (κ3) is 3.78. The van der Waals surface area contributed by atoms with Crippen LogP contribution in [0.15, 0.2) is 6.20 Å². The first-order chi connectivity index (χ1) is 8.65. The largest absolute Gasteiger partial charge is 0.341 e. The minimum absolute atomic E-state index is 0.231. The molecule has 2 heterocycles. The Morgan fingerprint density at radius 2 is 2.50 bits per heavy atom. The molecule has 0 aliphatic carbocycles. The van der Waals surface area contributed by atoms with E-state index in [4.69, 9.17) is 0 Å². The van der Waals surface area contributed by atoms with Crippen molar-refractivity contribution >= 4 is 17.2 Å². The van der Waals surface area contributed by atoms with Gasteiger partial charge in [0.25, 0.3) is 0 Å². The number of nitrogens with one attached hydrogen (secondary N) is 1. The van der Waals surface area contributed by atoms with Gasteiger partial charge < -0.3 is 10.2 Å². The van der Waals surface area contributed by atoms with E-state index < -0.39 is 0 Å². The normalized spacial score (nSPS) is 19.1. The minimum Gasteiger partial charge on any atom is -0.341 e. The molecule has 0 aromatic carbocycles. The van der Waals surface area contributed by atoms with Crippen molar-refractivity contribution in [2.24, 2.45) is 0 Å². The second-order valence-corrected chi connectivity index (χ2v) is 6.25. The SMILES string of the molecule is Cc1ncc(CN(C)C(=O)CCC2CCCN2)s1. The molecular formula is C13H21N3OS. The van der Waals surface area contributed by atoms with Crippen LogP contribution in [0.4, 0.5) is 0 Å². The zero-order chi connectivity index (χ0) is 13.0. The first-order valence-electron chi connectivity index (χ1n) is 6.54. The summed E-state index contributed by atoms with van der Waals surface area (Å²) in [5.74, 6) is 0.231. The van der Waals surface area contributed by atoms with E-state index in [9.17, 15) is 4.79 Å². The fraction of sp³-hybridized carbons (Fsp3) is 0.692. The Labute approximate surface area is 112 Å². The zero-order valence-corrected chi connectivity index (χ0v) is 11.9. The molecule has 1 amide bonds. The van der Waals surface area contributed by atoms with Crippen LogP contribution in [0.3, 0.4) is 0 Å². The molecule has 1 aromatic rings. The van der Waals surface area contributed by atoms with Crippen LogP contribution in [0.2, 0.25) is 0 Å². The Bertz CT molecular complexity index is 399. The van der Waals surface area contributed by atoms with Crippen molar-refractivity contribution in [1.82, 2.24) is 15.2 Å². The molecule has 0 spiro atoms. The van der Waals surface area contributed by atoms with Crippen LogP contribution in [0.1, 0.15) is 35.6 Å². The van der Waals surface area contributed by atoms with Gasteiger partial charge in [-0.05, 0) is 32.7 Å². The fourth-order valence-electron chi connectivity index (χ4n) is 2.29. The predicted molar refractivity (Wildman–Crippen MR) is 73.6 cm³/mol. The summed E-state index contributed by atoms with van der Waals surface area (Å²) in [6.07, 6.45) is 5.93. The highest BCUT2D eigenvalue weighted by molar-refractivity contribution is 7.11. The molecular weight excluding hydrogens is 246 g/mol. The lowest BCUT2D eigenvalue weighted by atomic mass is 10.1. The van der Waals surface area contributed by atoms with E-state index in [1.807, 2.05) is 25.1 Å². The van der Waals surface area contributed by atoms with Crippen molar-refractivity contribution in [3.05, 3.63) is 16.1 Å². The van der Waals surface area contributed by atoms with Crippen LogP contribution in [0, 0.1) is 6.92 Å². The van der Waals surface area contributed by atoms with E-state index in [-0.39, 0.29) is 5.91 Å². The minimum atomic E-state index is 0.231. The van der Waals surface area contributed by atoms with Gasteiger partial charge in [0.05, 0.1) is 11.6 Å². The molecule has 100 valence electrons. The number of carbonyl (C=O) groups is 1. The third-order valence-electron chi connectivity index (χ3n) is 3.36. The van der Waals surface area contributed by atoms with Gasteiger partial charge in [0.15, 0.2) is 0 Å². The van der Waals surface area contributed by atoms with E-state index >= 15 is 0 Å². The van der Waals surface area contributed by atoms with Crippen molar-refractivity contribution in [1.29, 1.82) is 0 Å². The Balaban J connectivity index is 1.74. The summed E-state index contributed by atoms with van der Waals surface area (Å²) in [4.78, 5) is 19.2. The number of thiazole rings is 1. The van der Waals surface area contributed by atoms with E-state index in [0.717, 1.165) is 22.9 Å². The second-order valence-electron chi connectivity index (χ2n) is 4.93. The van der Waals surface area contributed by atoms with Gasteiger partial charge >= 0.3 is 0 Å². The molecule has 0 bridgehead atoms. The topological polar surface area (TPSA) is 45.2 Å². The summed E-state index contributed by atoms with van der Waals surface area (Å²) < 4.78 is 0. The number of aromatic nitrogens is 1. The average Bonchev–Trinajstić information content (AvgIpc) is 2.97. The van der Waals surface area contributed by atoms with Crippen LogP contribution in [0.5, 0.6) is 0 Å². The molecule has 1 atom stereocenters. The van der Waals surface area contributed by atoms with Gasteiger partial charge in [0.1, 0.15) is 0 Å². The number of amides is 1. The number of hydrogen-bond acceptors (Lipinski definition) is 4. The quantitative estimate of drug-likeness (QED) is 0.887. The lowest BCUT2D eigenvalue weighted by molar-refractivity contribution is -0.130. The number of rotatable bonds is 5. The second kappa shape index (κ2) is 6.29. The monoisotopic (exact) mass is 267 g/mol. The van der Waals surface area contributed by atoms with Crippen LogP contribution in [0.25, 0.3) is 0 Å². The molecule has 1 aromatic heterocycles. The molecule has 0 saturated carbocycles. The summed E-state index contributed by atoms with van der Waals surface area (Å²) in [6.45, 7) is 3.78. The summed E-state index contributed by atoms with van der Waals surface area (Å²) in [6, 6.07) is 0.549. The maximum atomic E-state index is 12.0. The molecule has 1 fully saturated rings. The van der Waals surface area contributed by atoms with Gasteiger partial charge in [-0.25, -0.2) is 4.98 Å². The lowest BCUT2D eigenvalue weighted by Crippen LogP contribution is -2.28. The standard InChI is InChI=1S/C13H21N3OS/c1-10-15-8-12(18-10)9-16(2)13(17)6-5-11-4-3-7-14-11/h8,11,14H,3-7,9H2,1-2H3. The summed E-state index contributed by atoms with van der Waals surface area (Å²) in [5.41, 5.74) is 0. The zero-order valence-electron chi connectivity index (χ0n) is 11.1. The molecule has 1 N–H and O–H groups in total. The van der Waals surface area contributed by atoms with Gasteiger partial charge in [0, 0.05) is 30.6 Å².